The summed E-state index contributed by atoms with van der Waals surface area (Å²) >= 11 is 3.17. The fraction of sp³-hybridized carbons (Fsp3) is 0.857. The maximum atomic E-state index is 10.4. The molecule has 0 aromatic carbocycles. The van der Waals surface area contributed by atoms with Crippen molar-refractivity contribution in [2.45, 2.75) is 26.2 Å². The summed E-state index contributed by atoms with van der Waals surface area (Å²) in [6.45, 7) is 2.06. The highest BCUT2D eigenvalue weighted by Gasteiger charge is 2.13. The monoisotopic (exact) mass is 208 g/mol. The molecule has 0 saturated carbocycles. The third-order valence-electron chi connectivity index (χ3n) is 1.44. The van der Waals surface area contributed by atoms with Crippen LogP contribution in [0.1, 0.15) is 26.2 Å². The van der Waals surface area contributed by atoms with Crippen LogP contribution in [0.15, 0.2) is 0 Å². The molecule has 0 aliphatic carbocycles. The Labute approximate surface area is 69.8 Å². The quantitative estimate of drug-likeness (QED) is 0.705. The molecule has 1 N–H and O–H groups in total. The number of hydrogen-bond acceptors (Lipinski definition) is 1. The standard InChI is InChI=1S/C7H13BrO2/c1-2-3-4-6(5-8)7(9)10/h6H,2-5H2,1H3,(H,9,10). The summed E-state index contributed by atoms with van der Waals surface area (Å²) in [6, 6.07) is 0. The van der Waals surface area contributed by atoms with Crippen molar-refractivity contribution >= 4 is 21.9 Å². The number of alkyl halides is 1. The Morgan fingerprint density at radius 2 is 2.30 bits per heavy atom. The van der Waals surface area contributed by atoms with Crippen LogP contribution >= 0.6 is 15.9 Å². The van der Waals surface area contributed by atoms with E-state index in [1.165, 1.54) is 0 Å². The highest BCUT2D eigenvalue weighted by molar-refractivity contribution is 9.09. The van der Waals surface area contributed by atoms with Gasteiger partial charge in [0.05, 0.1) is 5.92 Å². The highest BCUT2D eigenvalue weighted by atomic mass is 79.9. The molecule has 0 spiro atoms. The van der Waals surface area contributed by atoms with Crippen molar-refractivity contribution in [1.82, 2.24) is 0 Å². The van der Waals surface area contributed by atoms with Gasteiger partial charge in [0.2, 0.25) is 0 Å². The molecule has 0 bridgehead atoms. The highest BCUT2D eigenvalue weighted by Crippen LogP contribution is 2.10. The van der Waals surface area contributed by atoms with Crippen molar-refractivity contribution in [1.29, 1.82) is 0 Å². The van der Waals surface area contributed by atoms with Crippen LogP contribution in [-0.4, -0.2) is 16.4 Å². The van der Waals surface area contributed by atoms with E-state index >= 15 is 0 Å². The van der Waals surface area contributed by atoms with E-state index in [0.29, 0.717) is 5.33 Å². The molecule has 0 radical (unpaired) electrons. The largest absolute Gasteiger partial charge is 0.481 e. The topological polar surface area (TPSA) is 37.3 Å². The lowest BCUT2D eigenvalue weighted by atomic mass is 10.1. The molecule has 0 aromatic heterocycles. The first-order valence-corrected chi connectivity index (χ1v) is 4.63. The zero-order valence-electron chi connectivity index (χ0n) is 6.14. The van der Waals surface area contributed by atoms with Crippen molar-refractivity contribution in [2.75, 3.05) is 5.33 Å². The Balaban J connectivity index is 3.50. The van der Waals surface area contributed by atoms with Gasteiger partial charge in [-0.2, -0.15) is 0 Å². The zero-order valence-corrected chi connectivity index (χ0v) is 7.73. The van der Waals surface area contributed by atoms with Crippen LogP contribution in [-0.2, 0) is 4.79 Å². The van der Waals surface area contributed by atoms with Gasteiger partial charge in [-0.15, -0.1) is 0 Å². The molecular formula is C7H13BrO2. The molecule has 0 heterocycles. The molecule has 0 aliphatic heterocycles. The summed E-state index contributed by atoms with van der Waals surface area (Å²) in [5.74, 6) is -0.884. The summed E-state index contributed by atoms with van der Waals surface area (Å²) in [5.41, 5.74) is 0. The van der Waals surface area contributed by atoms with Gasteiger partial charge in [0.25, 0.3) is 0 Å². The van der Waals surface area contributed by atoms with E-state index < -0.39 is 5.97 Å². The Bertz CT molecular complexity index is 104. The van der Waals surface area contributed by atoms with Crippen molar-refractivity contribution in [3.63, 3.8) is 0 Å². The Morgan fingerprint density at radius 3 is 2.60 bits per heavy atom. The van der Waals surface area contributed by atoms with E-state index in [9.17, 15) is 4.79 Å². The van der Waals surface area contributed by atoms with Gasteiger partial charge in [0, 0.05) is 5.33 Å². The molecule has 0 rings (SSSR count). The van der Waals surface area contributed by atoms with E-state index in [1.807, 2.05) is 0 Å². The predicted molar refractivity (Wildman–Crippen MR) is 44.4 cm³/mol. The van der Waals surface area contributed by atoms with Crippen LogP contribution in [0.5, 0.6) is 0 Å². The minimum absolute atomic E-state index is 0.194. The first-order chi connectivity index (χ1) is 4.72. The van der Waals surface area contributed by atoms with Gasteiger partial charge < -0.3 is 5.11 Å². The Kier molecular flexibility index (Phi) is 5.69. The van der Waals surface area contributed by atoms with Crippen LogP contribution < -0.4 is 0 Å². The molecule has 0 amide bonds. The van der Waals surface area contributed by atoms with Crippen LogP contribution in [0, 0.1) is 5.92 Å². The second kappa shape index (κ2) is 5.71. The number of carboxylic acid groups (broad SMARTS) is 1. The smallest absolute Gasteiger partial charge is 0.307 e. The number of unbranched alkanes of at least 4 members (excludes halogenated alkanes) is 1. The van der Waals surface area contributed by atoms with Crippen molar-refractivity contribution < 1.29 is 9.90 Å². The van der Waals surface area contributed by atoms with Crippen LogP contribution in [0.3, 0.4) is 0 Å². The fourth-order valence-electron chi connectivity index (χ4n) is 0.717. The summed E-state index contributed by atoms with van der Waals surface area (Å²) in [4.78, 5) is 10.4. The lowest BCUT2D eigenvalue weighted by Crippen LogP contribution is -2.14. The lowest BCUT2D eigenvalue weighted by molar-refractivity contribution is -0.141. The summed E-state index contributed by atoms with van der Waals surface area (Å²) in [7, 11) is 0. The number of aliphatic carboxylic acids is 1. The first-order valence-electron chi connectivity index (χ1n) is 3.51. The molecule has 60 valence electrons. The number of rotatable bonds is 5. The van der Waals surface area contributed by atoms with Crippen LogP contribution in [0.2, 0.25) is 0 Å². The van der Waals surface area contributed by atoms with Gasteiger partial charge in [-0.25, -0.2) is 0 Å². The molecule has 0 aliphatic rings. The summed E-state index contributed by atoms with van der Waals surface area (Å²) < 4.78 is 0. The SMILES string of the molecule is CCCCC(CBr)C(=O)O. The molecule has 0 aromatic rings. The maximum absolute atomic E-state index is 10.4. The van der Waals surface area contributed by atoms with E-state index in [2.05, 4.69) is 22.9 Å². The third-order valence-corrected chi connectivity index (χ3v) is 2.22. The lowest BCUT2D eigenvalue weighted by Gasteiger charge is -2.05. The molecule has 3 heteroatoms. The van der Waals surface area contributed by atoms with E-state index in [4.69, 9.17) is 5.11 Å². The third kappa shape index (κ3) is 3.88. The van der Waals surface area contributed by atoms with E-state index in [0.717, 1.165) is 19.3 Å². The van der Waals surface area contributed by atoms with E-state index in [-0.39, 0.29) is 5.92 Å². The molecular weight excluding hydrogens is 196 g/mol. The number of carbonyl (C=O) groups is 1. The maximum Gasteiger partial charge on any atom is 0.307 e. The molecule has 2 nitrogen and oxygen atoms in total. The minimum atomic E-state index is -0.690. The number of carboxylic acids is 1. The molecule has 10 heavy (non-hydrogen) atoms. The fourth-order valence-corrected chi connectivity index (χ4v) is 1.32. The molecule has 1 atom stereocenters. The van der Waals surface area contributed by atoms with E-state index in [1.54, 1.807) is 0 Å². The van der Waals surface area contributed by atoms with Gasteiger partial charge in [0.1, 0.15) is 0 Å². The van der Waals surface area contributed by atoms with Gasteiger partial charge >= 0.3 is 5.97 Å². The molecule has 0 saturated heterocycles. The number of halogens is 1. The predicted octanol–water partition coefficient (Wildman–Crippen LogP) is 2.27. The van der Waals surface area contributed by atoms with Crippen LogP contribution in [0.4, 0.5) is 0 Å². The first kappa shape index (κ1) is 9.95. The second-order valence-corrected chi connectivity index (χ2v) is 2.98. The van der Waals surface area contributed by atoms with Crippen LogP contribution in [0.25, 0.3) is 0 Å². The summed E-state index contributed by atoms with van der Waals surface area (Å²) in [6.07, 6.45) is 2.86. The molecule has 0 fully saturated rings. The average molecular weight is 209 g/mol. The van der Waals surface area contributed by atoms with Gasteiger partial charge in [0.15, 0.2) is 0 Å². The van der Waals surface area contributed by atoms with Crippen molar-refractivity contribution in [2.24, 2.45) is 5.92 Å². The summed E-state index contributed by atoms with van der Waals surface area (Å²) in [5, 5.41) is 9.14. The average Bonchev–Trinajstić information content (AvgIpc) is 1.89. The Hall–Kier alpha value is -0.0500. The van der Waals surface area contributed by atoms with Crippen molar-refractivity contribution in [3.8, 4) is 0 Å². The molecule has 1 unspecified atom stereocenters. The minimum Gasteiger partial charge on any atom is -0.481 e. The second-order valence-electron chi connectivity index (χ2n) is 2.33. The van der Waals surface area contributed by atoms with Gasteiger partial charge in [-0.05, 0) is 6.42 Å². The van der Waals surface area contributed by atoms with Crippen molar-refractivity contribution in [3.05, 3.63) is 0 Å². The van der Waals surface area contributed by atoms with Gasteiger partial charge in [-0.1, -0.05) is 35.7 Å². The Morgan fingerprint density at radius 1 is 1.70 bits per heavy atom. The zero-order chi connectivity index (χ0) is 7.98. The normalized spacial score (nSPS) is 13.0. The number of hydrogen-bond donors (Lipinski definition) is 1. The van der Waals surface area contributed by atoms with Gasteiger partial charge in [-0.3, -0.25) is 4.79 Å².